The number of Topliss-reactive ketones (excluding diaryl/α,β-unsaturated/α-hetero) is 1. The number of hydrogen-bond acceptors (Lipinski definition) is 3. The van der Waals surface area contributed by atoms with E-state index in [0.717, 1.165) is 37.7 Å². The Kier molecular flexibility index (Phi) is 5.69. The number of hydrogen-bond donors (Lipinski definition) is 1. The molecule has 4 aliphatic rings. The van der Waals surface area contributed by atoms with Crippen LogP contribution in [0.2, 0.25) is 0 Å². The molecule has 0 spiro atoms. The molecule has 0 radical (unpaired) electrons. The van der Waals surface area contributed by atoms with E-state index in [-0.39, 0.29) is 34.2 Å². The summed E-state index contributed by atoms with van der Waals surface area (Å²) in [7, 11) is 0. The summed E-state index contributed by atoms with van der Waals surface area (Å²) in [4.78, 5) is 25.3. The van der Waals surface area contributed by atoms with Crippen LogP contribution in [0.4, 0.5) is 0 Å². The molecule has 0 saturated heterocycles. The lowest BCUT2D eigenvalue weighted by molar-refractivity contribution is -0.143. The number of fused-ring (bicyclic) bond motifs is 5. The first kappa shape index (κ1) is 23.0. The minimum atomic E-state index is -0.891. The van der Waals surface area contributed by atoms with Gasteiger partial charge >= 0.3 is 0 Å². The van der Waals surface area contributed by atoms with Crippen molar-refractivity contribution in [1.29, 1.82) is 0 Å². The Morgan fingerprint density at radius 3 is 2.39 bits per heavy atom. The highest BCUT2D eigenvalue weighted by Crippen LogP contribution is 2.67. The molecule has 4 aliphatic carbocycles. The molecule has 3 saturated carbocycles. The number of carbonyl (C=O) groups excluding carboxylic acids is 2. The maximum Gasteiger partial charge on any atom is 0.159 e. The number of carbonyl (C=O) groups is 2. The molecular formula is C28H42O3. The monoisotopic (exact) mass is 426 g/mol. The number of allylic oxidation sites excluding steroid dienone is 3. The molecule has 0 aliphatic heterocycles. The first-order valence-electron chi connectivity index (χ1n) is 12.6. The van der Waals surface area contributed by atoms with Gasteiger partial charge in [0.2, 0.25) is 0 Å². The van der Waals surface area contributed by atoms with Crippen molar-refractivity contribution in [3.8, 4) is 0 Å². The van der Waals surface area contributed by atoms with Crippen LogP contribution in [0.15, 0.2) is 23.8 Å². The zero-order valence-electron chi connectivity index (χ0n) is 20.4. The molecule has 4 rings (SSSR count). The summed E-state index contributed by atoms with van der Waals surface area (Å²) in [5.41, 5.74) is -0.262. The van der Waals surface area contributed by atoms with Crippen LogP contribution >= 0.6 is 0 Å². The Balaban J connectivity index is 1.65. The highest BCUT2D eigenvalue weighted by molar-refractivity contribution is 5.98. The first-order chi connectivity index (χ1) is 14.4. The molecule has 3 fully saturated rings. The van der Waals surface area contributed by atoms with E-state index >= 15 is 0 Å². The molecule has 3 heteroatoms. The summed E-state index contributed by atoms with van der Waals surface area (Å²) in [5.74, 6) is 2.36. The Bertz CT molecular complexity index is 822. The topological polar surface area (TPSA) is 54.4 Å². The number of rotatable bonds is 4. The molecule has 2 unspecified atom stereocenters. The second kappa shape index (κ2) is 7.68. The summed E-state index contributed by atoms with van der Waals surface area (Å²) in [5, 5.41) is 12.2. The van der Waals surface area contributed by atoms with Crippen molar-refractivity contribution in [2.45, 2.75) is 92.1 Å². The van der Waals surface area contributed by atoms with Crippen LogP contribution in [0.1, 0.15) is 86.5 Å². The average Bonchev–Trinajstić information content (AvgIpc) is 2.99. The summed E-state index contributed by atoms with van der Waals surface area (Å²) in [6.07, 6.45) is 12.1. The second-order valence-corrected chi connectivity index (χ2v) is 12.2. The molecule has 0 heterocycles. The molecule has 8 atom stereocenters. The van der Waals surface area contributed by atoms with Gasteiger partial charge in [0.1, 0.15) is 5.78 Å². The van der Waals surface area contributed by atoms with Gasteiger partial charge < -0.3 is 5.11 Å². The smallest absolute Gasteiger partial charge is 0.159 e. The van der Waals surface area contributed by atoms with E-state index < -0.39 is 5.60 Å². The SMILES string of the molecule is CC(C)[C@@H](C)/C=C/[C@@H](C)[C@H]1CC[C@@]2(O)C3=CC(=O)C4CC(=O)CC[C@]4(C)C3CC[C@]12C. The fourth-order valence-corrected chi connectivity index (χ4v) is 7.73. The summed E-state index contributed by atoms with van der Waals surface area (Å²) in [6.45, 7) is 13.6. The van der Waals surface area contributed by atoms with Crippen LogP contribution in [-0.4, -0.2) is 22.3 Å². The van der Waals surface area contributed by atoms with Gasteiger partial charge in [-0.15, -0.1) is 0 Å². The molecule has 31 heavy (non-hydrogen) atoms. The van der Waals surface area contributed by atoms with Gasteiger partial charge in [0, 0.05) is 24.2 Å². The van der Waals surface area contributed by atoms with Gasteiger partial charge in [-0.25, -0.2) is 0 Å². The highest BCUT2D eigenvalue weighted by atomic mass is 16.3. The zero-order valence-corrected chi connectivity index (χ0v) is 20.4. The predicted octanol–water partition coefficient (Wildman–Crippen LogP) is 5.91. The third-order valence-electron chi connectivity index (χ3n) is 10.4. The summed E-state index contributed by atoms with van der Waals surface area (Å²) >= 11 is 0. The molecule has 0 aromatic carbocycles. The molecule has 172 valence electrons. The Morgan fingerprint density at radius 1 is 1.00 bits per heavy atom. The average molecular weight is 427 g/mol. The zero-order chi connectivity index (χ0) is 22.8. The molecule has 1 N–H and O–H groups in total. The van der Waals surface area contributed by atoms with E-state index in [1.165, 1.54) is 0 Å². The van der Waals surface area contributed by atoms with Crippen molar-refractivity contribution >= 4 is 11.6 Å². The van der Waals surface area contributed by atoms with Crippen molar-refractivity contribution in [3.05, 3.63) is 23.8 Å². The van der Waals surface area contributed by atoms with Crippen molar-refractivity contribution in [2.75, 3.05) is 0 Å². The van der Waals surface area contributed by atoms with E-state index in [1.54, 1.807) is 6.08 Å². The minimum absolute atomic E-state index is 0.0848. The summed E-state index contributed by atoms with van der Waals surface area (Å²) < 4.78 is 0. The van der Waals surface area contributed by atoms with Gasteiger partial charge in [-0.2, -0.15) is 0 Å². The van der Waals surface area contributed by atoms with Crippen LogP contribution < -0.4 is 0 Å². The van der Waals surface area contributed by atoms with Crippen molar-refractivity contribution in [3.63, 3.8) is 0 Å². The third kappa shape index (κ3) is 3.33. The Hall–Kier alpha value is -1.22. The lowest BCUT2D eigenvalue weighted by atomic mass is 9.46. The summed E-state index contributed by atoms with van der Waals surface area (Å²) in [6, 6.07) is 0. The van der Waals surface area contributed by atoms with E-state index in [4.69, 9.17) is 0 Å². The van der Waals surface area contributed by atoms with Crippen molar-refractivity contribution in [2.24, 2.45) is 46.3 Å². The van der Waals surface area contributed by atoms with E-state index in [1.807, 2.05) is 0 Å². The standard InChI is InChI=1S/C28H42O3/c1-17(2)18(3)7-8-19(4)21-11-14-28(31)23-16-25(30)24-15-20(29)9-12-26(24,5)22(23)10-13-27(21,28)6/h7-8,16-19,21-22,24,31H,9-15H2,1-6H3/b8-7+/t18-,19+,21+,22?,24?,26+,27+,28+/m0/s1. The lowest BCUT2D eigenvalue weighted by Crippen LogP contribution is -2.59. The molecule has 0 aromatic heterocycles. The molecule has 0 bridgehead atoms. The van der Waals surface area contributed by atoms with Crippen molar-refractivity contribution in [1.82, 2.24) is 0 Å². The van der Waals surface area contributed by atoms with Crippen LogP contribution in [0.5, 0.6) is 0 Å². The van der Waals surface area contributed by atoms with Gasteiger partial charge in [-0.05, 0) is 78.8 Å². The van der Waals surface area contributed by atoms with Crippen LogP contribution in [-0.2, 0) is 9.59 Å². The number of ketones is 2. The highest BCUT2D eigenvalue weighted by Gasteiger charge is 2.66. The maximum absolute atomic E-state index is 13.2. The fourth-order valence-electron chi connectivity index (χ4n) is 7.73. The first-order valence-corrected chi connectivity index (χ1v) is 12.6. The van der Waals surface area contributed by atoms with Gasteiger partial charge in [-0.3, -0.25) is 9.59 Å². The van der Waals surface area contributed by atoms with E-state index in [0.29, 0.717) is 36.5 Å². The Morgan fingerprint density at radius 2 is 1.71 bits per heavy atom. The minimum Gasteiger partial charge on any atom is -0.385 e. The Labute approximate surface area is 188 Å². The van der Waals surface area contributed by atoms with Gasteiger partial charge in [0.15, 0.2) is 5.78 Å². The van der Waals surface area contributed by atoms with Gasteiger partial charge in [0.25, 0.3) is 0 Å². The fraction of sp³-hybridized carbons (Fsp3) is 0.786. The maximum atomic E-state index is 13.2. The van der Waals surface area contributed by atoms with Crippen LogP contribution in [0.3, 0.4) is 0 Å². The van der Waals surface area contributed by atoms with E-state index in [2.05, 4.69) is 53.7 Å². The lowest BCUT2D eigenvalue weighted by Gasteiger charge is -2.59. The normalized spacial score (nSPS) is 44.6. The predicted molar refractivity (Wildman–Crippen MR) is 124 cm³/mol. The van der Waals surface area contributed by atoms with Gasteiger partial charge in [-0.1, -0.05) is 53.7 Å². The molecule has 0 aromatic rings. The van der Waals surface area contributed by atoms with Crippen LogP contribution in [0.25, 0.3) is 0 Å². The molecule has 3 nitrogen and oxygen atoms in total. The molecule has 0 amide bonds. The van der Waals surface area contributed by atoms with Crippen LogP contribution in [0, 0.1) is 46.3 Å². The number of aliphatic hydroxyl groups is 1. The third-order valence-corrected chi connectivity index (χ3v) is 10.4. The van der Waals surface area contributed by atoms with Crippen molar-refractivity contribution < 1.29 is 14.7 Å². The quantitative estimate of drug-likeness (QED) is 0.568. The largest absolute Gasteiger partial charge is 0.385 e. The van der Waals surface area contributed by atoms with Gasteiger partial charge in [0.05, 0.1) is 5.60 Å². The second-order valence-electron chi connectivity index (χ2n) is 12.2. The molecular weight excluding hydrogens is 384 g/mol. The van der Waals surface area contributed by atoms with E-state index in [9.17, 15) is 14.7 Å².